The Balaban J connectivity index is 1.08. The molecule has 0 aliphatic carbocycles. The number of aromatic amines is 2. The van der Waals surface area contributed by atoms with E-state index in [1.54, 1.807) is 6.07 Å². The van der Waals surface area contributed by atoms with Gasteiger partial charge in [-0.3, -0.25) is 24.9 Å². The van der Waals surface area contributed by atoms with Crippen molar-refractivity contribution in [3.05, 3.63) is 84.6 Å². The maximum Gasteiger partial charge on any atom is 0.127 e. The van der Waals surface area contributed by atoms with Crippen molar-refractivity contribution in [3.8, 4) is 39.5 Å². The van der Waals surface area contributed by atoms with Gasteiger partial charge in [0.1, 0.15) is 23.9 Å². The minimum Gasteiger partial charge on any atom is -0.492 e. The molecule has 8 rings (SSSR count). The van der Waals surface area contributed by atoms with Crippen molar-refractivity contribution < 1.29 is 9.13 Å². The third-order valence-corrected chi connectivity index (χ3v) is 9.37. The Morgan fingerprint density at radius 1 is 0.783 bits per heavy atom. The number of fused-ring (bicyclic) bond motifs is 2. The summed E-state index contributed by atoms with van der Waals surface area (Å²) in [6.45, 7) is 6.83. The van der Waals surface area contributed by atoms with E-state index in [-0.39, 0.29) is 5.82 Å². The summed E-state index contributed by atoms with van der Waals surface area (Å²) in [5.74, 6) is 0.240. The summed E-state index contributed by atoms with van der Waals surface area (Å²) in [5, 5.41) is 9.80. The number of aromatic nitrogens is 5. The normalized spacial score (nSPS) is 16.1. The molecule has 6 aromatic rings. The molecule has 0 saturated carbocycles. The Kier molecular flexibility index (Phi) is 7.93. The molecule has 9 heteroatoms. The SMILES string of the molecule is Fc1cc(OCCN2CCCC2)cc(-c2cccc3[nH]c(-c4n[nH]c5cnc(-c6cncc(CN7CCCCC7)c6)cc45)cc23)c1. The molecule has 0 bridgehead atoms. The zero-order valence-corrected chi connectivity index (χ0v) is 25.9. The predicted molar refractivity (Wildman–Crippen MR) is 180 cm³/mol. The van der Waals surface area contributed by atoms with Crippen molar-refractivity contribution in [2.24, 2.45) is 0 Å². The van der Waals surface area contributed by atoms with E-state index in [4.69, 9.17) is 9.72 Å². The first kappa shape index (κ1) is 28.8. The molecular weight excluding hydrogens is 577 g/mol. The van der Waals surface area contributed by atoms with Crippen LogP contribution in [0.15, 0.2) is 73.2 Å². The molecule has 8 nitrogen and oxygen atoms in total. The van der Waals surface area contributed by atoms with Gasteiger partial charge in [0.2, 0.25) is 0 Å². The summed E-state index contributed by atoms with van der Waals surface area (Å²) in [5.41, 5.74) is 8.26. The molecule has 2 aliphatic rings. The molecule has 2 N–H and O–H groups in total. The fraction of sp³-hybridized carbons (Fsp3) is 0.324. The van der Waals surface area contributed by atoms with Gasteiger partial charge in [-0.15, -0.1) is 0 Å². The zero-order valence-electron chi connectivity index (χ0n) is 25.9. The Labute approximate surface area is 267 Å². The van der Waals surface area contributed by atoms with Gasteiger partial charge in [-0.1, -0.05) is 18.6 Å². The molecule has 0 atom stereocenters. The molecular formula is C37H38FN7O. The number of likely N-dealkylation sites (tertiary alicyclic amines) is 2. The van der Waals surface area contributed by atoms with E-state index in [1.165, 1.54) is 43.7 Å². The Morgan fingerprint density at radius 2 is 1.63 bits per heavy atom. The number of H-pyrrole nitrogens is 2. The number of piperidine rings is 1. The Morgan fingerprint density at radius 3 is 2.52 bits per heavy atom. The van der Waals surface area contributed by atoms with Crippen LogP contribution >= 0.6 is 0 Å². The van der Waals surface area contributed by atoms with E-state index in [0.29, 0.717) is 12.4 Å². The van der Waals surface area contributed by atoms with E-state index >= 15 is 0 Å². The van der Waals surface area contributed by atoms with E-state index in [0.717, 1.165) is 94.8 Å². The van der Waals surface area contributed by atoms with Crippen LogP contribution in [0, 0.1) is 5.82 Å². The monoisotopic (exact) mass is 615 g/mol. The van der Waals surface area contributed by atoms with E-state index in [9.17, 15) is 4.39 Å². The van der Waals surface area contributed by atoms with E-state index in [2.05, 4.69) is 48.2 Å². The van der Waals surface area contributed by atoms with Crippen molar-refractivity contribution in [3.63, 3.8) is 0 Å². The minimum atomic E-state index is -0.311. The molecule has 6 heterocycles. The van der Waals surface area contributed by atoms with Crippen molar-refractivity contribution in [2.75, 3.05) is 39.3 Å². The van der Waals surface area contributed by atoms with Gasteiger partial charge in [0.05, 0.1) is 23.1 Å². The maximum atomic E-state index is 14.8. The third kappa shape index (κ3) is 6.00. The second-order valence-corrected chi connectivity index (χ2v) is 12.6. The number of halogens is 1. The fourth-order valence-corrected chi connectivity index (χ4v) is 7.00. The Hall–Kier alpha value is -4.60. The molecule has 0 spiro atoms. The molecule has 2 aliphatic heterocycles. The third-order valence-electron chi connectivity index (χ3n) is 9.37. The van der Waals surface area contributed by atoms with Gasteiger partial charge in [0.25, 0.3) is 0 Å². The highest BCUT2D eigenvalue weighted by atomic mass is 19.1. The quantitative estimate of drug-likeness (QED) is 0.176. The van der Waals surface area contributed by atoms with Crippen LogP contribution in [-0.2, 0) is 6.54 Å². The zero-order chi connectivity index (χ0) is 30.9. The van der Waals surface area contributed by atoms with Crippen LogP contribution in [0.2, 0.25) is 0 Å². The number of benzene rings is 2. The summed E-state index contributed by atoms with van der Waals surface area (Å²) in [7, 11) is 0. The molecule has 2 aromatic carbocycles. The number of nitrogens with one attached hydrogen (secondary N) is 2. The van der Waals surface area contributed by atoms with Gasteiger partial charge in [0, 0.05) is 53.4 Å². The number of hydrogen-bond acceptors (Lipinski definition) is 6. The van der Waals surface area contributed by atoms with Crippen LogP contribution in [0.4, 0.5) is 4.39 Å². The second kappa shape index (κ2) is 12.7. The topological polar surface area (TPSA) is 86.0 Å². The number of pyridine rings is 2. The van der Waals surface area contributed by atoms with Gasteiger partial charge in [-0.05, 0) is 105 Å². The average Bonchev–Trinajstić information content (AvgIpc) is 3.85. The van der Waals surface area contributed by atoms with Crippen LogP contribution in [0.25, 0.3) is 55.6 Å². The predicted octanol–water partition coefficient (Wildman–Crippen LogP) is 7.43. The van der Waals surface area contributed by atoms with Crippen LogP contribution < -0.4 is 4.74 Å². The first-order valence-electron chi connectivity index (χ1n) is 16.5. The van der Waals surface area contributed by atoms with Crippen molar-refractivity contribution in [1.29, 1.82) is 0 Å². The van der Waals surface area contributed by atoms with Crippen LogP contribution in [0.1, 0.15) is 37.7 Å². The van der Waals surface area contributed by atoms with Crippen LogP contribution in [-0.4, -0.2) is 74.3 Å². The average molecular weight is 616 g/mol. The number of rotatable bonds is 9. The van der Waals surface area contributed by atoms with Gasteiger partial charge in [-0.2, -0.15) is 5.10 Å². The smallest absolute Gasteiger partial charge is 0.127 e. The second-order valence-electron chi connectivity index (χ2n) is 12.6. The number of nitrogens with zero attached hydrogens (tertiary/aromatic N) is 5. The maximum absolute atomic E-state index is 14.8. The van der Waals surface area contributed by atoms with Gasteiger partial charge >= 0.3 is 0 Å². The van der Waals surface area contributed by atoms with Gasteiger partial charge in [-0.25, -0.2) is 4.39 Å². The standard InChI is InChI=1S/C37H38FN7O/c38-28-16-26(17-29(18-28)46-14-13-44-9-4-5-10-44)30-7-6-8-33-31(30)19-35(41-33)37-32-20-34(40-23-36(32)42-43-37)27-15-25(21-39-22-27)24-45-11-2-1-3-12-45/h6-8,15-23,41H,1-5,9-14,24H2,(H,42,43). The number of ether oxygens (including phenoxy) is 1. The van der Waals surface area contributed by atoms with Gasteiger partial charge in [0.15, 0.2) is 0 Å². The lowest BCUT2D eigenvalue weighted by Crippen LogP contribution is -2.29. The van der Waals surface area contributed by atoms with E-state index < -0.39 is 0 Å². The van der Waals surface area contributed by atoms with Gasteiger partial charge < -0.3 is 9.72 Å². The molecule has 0 amide bonds. The summed E-state index contributed by atoms with van der Waals surface area (Å²) in [6.07, 6.45) is 12.0. The first-order valence-corrected chi connectivity index (χ1v) is 16.5. The lowest BCUT2D eigenvalue weighted by molar-refractivity contribution is 0.220. The molecule has 2 saturated heterocycles. The molecule has 0 radical (unpaired) electrons. The highest BCUT2D eigenvalue weighted by Gasteiger charge is 2.17. The molecule has 46 heavy (non-hydrogen) atoms. The lowest BCUT2D eigenvalue weighted by atomic mass is 10.0. The molecule has 2 fully saturated rings. The fourth-order valence-electron chi connectivity index (χ4n) is 7.00. The van der Waals surface area contributed by atoms with Crippen molar-refractivity contribution in [2.45, 2.75) is 38.6 Å². The van der Waals surface area contributed by atoms with Crippen LogP contribution in [0.5, 0.6) is 5.75 Å². The summed E-state index contributed by atoms with van der Waals surface area (Å²) in [6, 6.07) is 17.4. The highest BCUT2D eigenvalue weighted by molar-refractivity contribution is 6.01. The summed E-state index contributed by atoms with van der Waals surface area (Å²) < 4.78 is 20.9. The molecule has 4 aromatic heterocycles. The summed E-state index contributed by atoms with van der Waals surface area (Å²) in [4.78, 5) is 17.8. The largest absolute Gasteiger partial charge is 0.492 e. The van der Waals surface area contributed by atoms with Crippen LogP contribution in [0.3, 0.4) is 0 Å². The Bertz CT molecular complexity index is 1990. The lowest BCUT2D eigenvalue weighted by Gasteiger charge is -2.26. The molecule has 0 unspecified atom stereocenters. The minimum absolute atomic E-state index is 0.311. The summed E-state index contributed by atoms with van der Waals surface area (Å²) >= 11 is 0. The highest BCUT2D eigenvalue weighted by Crippen LogP contribution is 2.36. The number of hydrogen-bond donors (Lipinski definition) is 2. The van der Waals surface area contributed by atoms with E-state index in [1.807, 2.05) is 42.9 Å². The van der Waals surface area contributed by atoms with Crippen molar-refractivity contribution >= 4 is 21.8 Å². The van der Waals surface area contributed by atoms with Crippen molar-refractivity contribution in [1.82, 2.24) is 34.9 Å². The molecule has 234 valence electrons. The first-order chi connectivity index (χ1) is 22.7.